The first-order valence-corrected chi connectivity index (χ1v) is 11.1. The van der Waals surface area contributed by atoms with Gasteiger partial charge in [-0.05, 0) is 31.5 Å². The maximum atomic E-state index is 13.0. The standard InChI is InChI=1S/C27H30N2O2/c1-21-10-9-15-25(20-21)31-22(2)27(30)29-18-16-28(17-19-29)26(23-11-5-3-6-12-23)24-13-7-4-8-14-24/h3-15,20,22,26H,16-19H2,1-2H3/p+1/t22-/m0/s1. The molecule has 3 aromatic carbocycles. The fourth-order valence-corrected chi connectivity index (χ4v) is 4.46. The quantitative estimate of drug-likeness (QED) is 0.670. The largest absolute Gasteiger partial charge is 0.481 e. The number of nitrogens with zero attached hydrogens (tertiary/aromatic N) is 1. The third-order valence-electron chi connectivity index (χ3n) is 6.04. The summed E-state index contributed by atoms with van der Waals surface area (Å²) in [5.41, 5.74) is 3.77. The van der Waals surface area contributed by atoms with Gasteiger partial charge < -0.3 is 14.5 Å². The summed E-state index contributed by atoms with van der Waals surface area (Å²) in [5, 5.41) is 0. The number of carbonyl (C=O) groups is 1. The normalized spacial score (nSPS) is 15.6. The van der Waals surface area contributed by atoms with Gasteiger partial charge in [-0.3, -0.25) is 4.79 Å². The lowest BCUT2D eigenvalue weighted by molar-refractivity contribution is -0.929. The van der Waals surface area contributed by atoms with Crippen LogP contribution in [0.2, 0.25) is 0 Å². The molecule has 1 amide bonds. The molecule has 1 heterocycles. The number of rotatable bonds is 6. The minimum Gasteiger partial charge on any atom is -0.481 e. The van der Waals surface area contributed by atoms with Gasteiger partial charge in [0.05, 0.1) is 26.2 Å². The molecule has 1 aliphatic rings. The highest BCUT2D eigenvalue weighted by atomic mass is 16.5. The molecular formula is C27H31N2O2+. The van der Waals surface area contributed by atoms with E-state index in [0.29, 0.717) is 0 Å². The van der Waals surface area contributed by atoms with Gasteiger partial charge >= 0.3 is 0 Å². The summed E-state index contributed by atoms with van der Waals surface area (Å²) < 4.78 is 5.93. The van der Waals surface area contributed by atoms with E-state index in [0.717, 1.165) is 37.5 Å². The van der Waals surface area contributed by atoms with Gasteiger partial charge in [0.15, 0.2) is 6.10 Å². The van der Waals surface area contributed by atoms with Crippen LogP contribution in [0.4, 0.5) is 0 Å². The molecule has 0 aliphatic carbocycles. The molecule has 1 N–H and O–H groups in total. The van der Waals surface area contributed by atoms with Crippen LogP contribution < -0.4 is 9.64 Å². The average molecular weight is 416 g/mol. The molecule has 0 saturated carbocycles. The van der Waals surface area contributed by atoms with Crippen molar-refractivity contribution in [3.63, 3.8) is 0 Å². The molecule has 1 aliphatic heterocycles. The Hall–Kier alpha value is -3.11. The Labute approximate surface area is 185 Å². The van der Waals surface area contributed by atoms with Gasteiger partial charge in [0, 0.05) is 11.1 Å². The Balaban J connectivity index is 1.42. The molecule has 4 heteroatoms. The maximum Gasteiger partial charge on any atom is 0.263 e. The first-order valence-electron chi connectivity index (χ1n) is 11.1. The minimum absolute atomic E-state index is 0.0662. The fourth-order valence-electron chi connectivity index (χ4n) is 4.46. The Bertz CT molecular complexity index is 943. The summed E-state index contributed by atoms with van der Waals surface area (Å²) in [6.07, 6.45) is -0.484. The fraction of sp³-hybridized carbons (Fsp3) is 0.296. The maximum absolute atomic E-state index is 13.0. The first-order chi connectivity index (χ1) is 15.1. The van der Waals surface area contributed by atoms with Crippen LogP contribution in [-0.2, 0) is 4.79 Å². The van der Waals surface area contributed by atoms with E-state index in [9.17, 15) is 4.79 Å². The van der Waals surface area contributed by atoms with Crippen molar-refractivity contribution in [2.24, 2.45) is 0 Å². The van der Waals surface area contributed by atoms with Gasteiger partial charge in [-0.2, -0.15) is 0 Å². The zero-order valence-electron chi connectivity index (χ0n) is 18.3. The van der Waals surface area contributed by atoms with Crippen LogP contribution in [0.5, 0.6) is 5.75 Å². The highest BCUT2D eigenvalue weighted by Crippen LogP contribution is 2.20. The van der Waals surface area contributed by atoms with Crippen LogP contribution in [0, 0.1) is 6.92 Å². The van der Waals surface area contributed by atoms with Crippen molar-refractivity contribution in [2.75, 3.05) is 26.2 Å². The lowest BCUT2D eigenvalue weighted by Crippen LogP contribution is -3.15. The molecular weight excluding hydrogens is 384 g/mol. The molecule has 31 heavy (non-hydrogen) atoms. The zero-order valence-corrected chi connectivity index (χ0v) is 18.3. The van der Waals surface area contributed by atoms with Crippen molar-refractivity contribution >= 4 is 5.91 Å². The molecule has 0 unspecified atom stereocenters. The summed E-state index contributed by atoms with van der Waals surface area (Å²) in [6, 6.07) is 29.5. The average Bonchev–Trinajstić information content (AvgIpc) is 2.81. The van der Waals surface area contributed by atoms with Gasteiger partial charge in [-0.25, -0.2) is 0 Å². The van der Waals surface area contributed by atoms with E-state index < -0.39 is 6.10 Å². The molecule has 3 aromatic rings. The molecule has 0 radical (unpaired) electrons. The van der Waals surface area contributed by atoms with E-state index in [4.69, 9.17) is 4.74 Å². The lowest BCUT2D eigenvalue weighted by atomic mass is 9.96. The minimum atomic E-state index is -0.484. The summed E-state index contributed by atoms with van der Waals surface area (Å²) in [5.74, 6) is 0.815. The van der Waals surface area contributed by atoms with Crippen molar-refractivity contribution in [3.05, 3.63) is 102 Å². The van der Waals surface area contributed by atoms with Crippen LogP contribution in [0.25, 0.3) is 0 Å². The number of benzene rings is 3. The Kier molecular flexibility index (Phi) is 6.68. The summed E-state index contributed by atoms with van der Waals surface area (Å²) in [4.78, 5) is 16.4. The van der Waals surface area contributed by atoms with Crippen molar-refractivity contribution in [1.29, 1.82) is 0 Å². The molecule has 0 spiro atoms. The molecule has 0 aromatic heterocycles. The molecule has 4 rings (SSSR count). The van der Waals surface area contributed by atoms with E-state index in [-0.39, 0.29) is 11.9 Å². The van der Waals surface area contributed by atoms with Crippen LogP contribution in [0.15, 0.2) is 84.9 Å². The van der Waals surface area contributed by atoms with E-state index in [1.165, 1.54) is 16.0 Å². The van der Waals surface area contributed by atoms with E-state index in [1.54, 1.807) is 0 Å². The topological polar surface area (TPSA) is 34.0 Å². The number of hydrogen-bond donors (Lipinski definition) is 1. The highest BCUT2D eigenvalue weighted by molar-refractivity contribution is 5.81. The summed E-state index contributed by atoms with van der Waals surface area (Å²) >= 11 is 0. The van der Waals surface area contributed by atoms with Crippen molar-refractivity contribution < 1.29 is 14.4 Å². The summed E-state index contributed by atoms with van der Waals surface area (Å²) in [6.45, 7) is 7.18. The molecule has 4 nitrogen and oxygen atoms in total. The Morgan fingerprint density at radius 2 is 1.45 bits per heavy atom. The van der Waals surface area contributed by atoms with Gasteiger partial charge in [-0.15, -0.1) is 0 Å². The number of quaternary nitrogens is 1. The van der Waals surface area contributed by atoms with Crippen LogP contribution >= 0.6 is 0 Å². The van der Waals surface area contributed by atoms with Gasteiger partial charge in [0.1, 0.15) is 11.8 Å². The van der Waals surface area contributed by atoms with E-state index >= 15 is 0 Å². The van der Waals surface area contributed by atoms with Crippen LogP contribution in [0.3, 0.4) is 0 Å². The molecule has 160 valence electrons. The van der Waals surface area contributed by atoms with Crippen molar-refractivity contribution in [1.82, 2.24) is 4.90 Å². The Morgan fingerprint density at radius 3 is 2.00 bits per heavy atom. The predicted octanol–water partition coefficient (Wildman–Crippen LogP) is 3.28. The van der Waals surface area contributed by atoms with Gasteiger partial charge in [0.25, 0.3) is 5.91 Å². The molecule has 1 atom stereocenters. The predicted molar refractivity (Wildman–Crippen MR) is 123 cm³/mol. The molecule has 0 bridgehead atoms. The SMILES string of the molecule is Cc1cccc(O[C@@H](C)C(=O)N2CC[NH+](C(c3ccccc3)c3ccccc3)CC2)c1. The smallest absolute Gasteiger partial charge is 0.263 e. The number of ether oxygens (including phenoxy) is 1. The second-order valence-corrected chi connectivity index (χ2v) is 8.31. The highest BCUT2D eigenvalue weighted by Gasteiger charge is 2.33. The number of aryl methyl sites for hydroxylation is 1. The summed E-state index contributed by atoms with van der Waals surface area (Å²) in [7, 11) is 0. The van der Waals surface area contributed by atoms with Crippen LogP contribution in [0.1, 0.15) is 29.7 Å². The van der Waals surface area contributed by atoms with E-state index in [2.05, 4.69) is 60.7 Å². The number of hydrogen-bond acceptors (Lipinski definition) is 2. The van der Waals surface area contributed by atoms with Crippen molar-refractivity contribution in [2.45, 2.75) is 26.0 Å². The molecule has 1 saturated heterocycles. The third-order valence-corrected chi connectivity index (χ3v) is 6.04. The second kappa shape index (κ2) is 9.80. The van der Waals surface area contributed by atoms with Crippen LogP contribution in [-0.4, -0.2) is 43.1 Å². The second-order valence-electron chi connectivity index (χ2n) is 8.31. The van der Waals surface area contributed by atoms with E-state index in [1.807, 2.05) is 43.0 Å². The zero-order chi connectivity index (χ0) is 21.6. The number of amides is 1. The Morgan fingerprint density at radius 1 is 0.871 bits per heavy atom. The third kappa shape index (κ3) is 5.15. The molecule has 1 fully saturated rings. The van der Waals surface area contributed by atoms with Gasteiger partial charge in [-0.1, -0.05) is 72.8 Å². The monoisotopic (exact) mass is 415 g/mol. The van der Waals surface area contributed by atoms with Crippen molar-refractivity contribution in [3.8, 4) is 5.75 Å². The number of carbonyl (C=O) groups excluding carboxylic acids is 1. The first kappa shape index (κ1) is 21.1. The number of nitrogens with one attached hydrogen (secondary N) is 1. The lowest BCUT2D eigenvalue weighted by Gasteiger charge is -2.37. The van der Waals surface area contributed by atoms with Gasteiger partial charge in [0.2, 0.25) is 0 Å². The number of piperazine rings is 1.